The molecule has 0 spiro atoms. The molecule has 5 aliphatic rings. The van der Waals surface area contributed by atoms with Crippen molar-refractivity contribution in [3.63, 3.8) is 0 Å². The lowest BCUT2D eigenvalue weighted by Gasteiger charge is -2.35. The molecule has 3 heterocycles. The molecule has 7 nitrogen and oxygen atoms in total. The summed E-state index contributed by atoms with van der Waals surface area (Å²) in [7, 11) is 0. The van der Waals surface area contributed by atoms with Crippen LogP contribution in [0, 0.1) is 17.3 Å². The van der Waals surface area contributed by atoms with E-state index in [0.717, 1.165) is 48.8 Å². The summed E-state index contributed by atoms with van der Waals surface area (Å²) in [5, 5.41) is 3.14. The number of fused-ring (bicyclic) bond motifs is 2. The van der Waals surface area contributed by atoms with Crippen molar-refractivity contribution in [2.75, 3.05) is 19.6 Å². The van der Waals surface area contributed by atoms with Crippen molar-refractivity contribution in [2.45, 2.75) is 64.6 Å². The van der Waals surface area contributed by atoms with E-state index in [1.54, 1.807) is 10.5 Å². The van der Waals surface area contributed by atoms with Gasteiger partial charge in [0.05, 0.1) is 0 Å². The normalized spacial score (nSPS) is 29.0. The van der Waals surface area contributed by atoms with Gasteiger partial charge in [-0.25, -0.2) is 0 Å². The number of ether oxygens (including phenoxy) is 1. The van der Waals surface area contributed by atoms with Crippen molar-refractivity contribution in [2.24, 2.45) is 17.3 Å². The van der Waals surface area contributed by atoms with Crippen LogP contribution in [-0.2, 0) is 16.1 Å². The second kappa shape index (κ2) is 9.99. The third-order valence-electron chi connectivity index (χ3n) is 9.75. The van der Waals surface area contributed by atoms with Crippen molar-refractivity contribution in [3.05, 3.63) is 69.8 Å². The number of hydrogen-bond donors (Lipinski definition) is 1. The summed E-state index contributed by atoms with van der Waals surface area (Å²) < 4.78 is 6.43. The van der Waals surface area contributed by atoms with Crippen molar-refractivity contribution in [1.82, 2.24) is 15.1 Å². The van der Waals surface area contributed by atoms with Gasteiger partial charge in [0.2, 0.25) is 11.8 Å². The number of rotatable bonds is 6. The van der Waals surface area contributed by atoms with Crippen molar-refractivity contribution in [1.29, 1.82) is 0 Å². The lowest BCUT2D eigenvalue weighted by atomic mass is 9.72. The number of allylic oxidation sites excluding steroid dienone is 1. The Morgan fingerprint density at radius 2 is 1.78 bits per heavy atom. The quantitative estimate of drug-likeness (QED) is 0.488. The fourth-order valence-corrected chi connectivity index (χ4v) is 7.50. The Labute approximate surface area is 245 Å². The first-order valence-electron chi connectivity index (χ1n) is 14.8. The Morgan fingerprint density at radius 3 is 2.51 bits per heavy atom. The first kappa shape index (κ1) is 26.7. The number of benzene rings is 2. The zero-order chi connectivity index (χ0) is 28.5. The molecule has 2 aliphatic carbocycles. The Hall–Kier alpha value is -3.16. The first-order valence-corrected chi connectivity index (χ1v) is 15.2. The molecule has 7 rings (SSSR count). The Morgan fingerprint density at radius 1 is 1.02 bits per heavy atom. The molecule has 41 heavy (non-hydrogen) atoms. The molecule has 3 unspecified atom stereocenters. The van der Waals surface area contributed by atoms with Gasteiger partial charge in [0.1, 0.15) is 17.9 Å². The van der Waals surface area contributed by atoms with Crippen LogP contribution in [0.3, 0.4) is 0 Å². The third kappa shape index (κ3) is 5.08. The van der Waals surface area contributed by atoms with E-state index < -0.39 is 6.04 Å². The minimum atomic E-state index is -0.601. The highest BCUT2D eigenvalue weighted by Gasteiger charge is 2.58. The summed E-state index contributed by atoms with van der Waals surface area (Å²) in [5.41, 5.74) is 6.16. The van der Waals surface area contributed by atoms with Crippen LogP contribution in [0.25, 0.3) is 5.57 Å². The van der Waals surface area contributed by atoms with Crippen molar-refractivity contribution in [3.8, 4) is 5.75 Å². The summed E-state index contributed by atoms with van der Waals surface area (Å²) in [4.78, 5) is 41.1. The zero-order valence-electron chi connectivity index (χ0n) is 23.6. The molecule has 0 bridgehead atoms. The molecule has 0 radical (unpaired) electrons. The number of amides is 3. The van der Waals surface area contributed by atoms with Gasteiger partial charge in [-0.1, -0.05) is 43.2 Å². The topological polar surface area (TPSA) is 79.0 Å². The van der Waals surface area contributed by atoms with E-state index in [1.165, 1.54) is 17.6 Å². The maximum atomic E-state index is 13.0. The summed E-state index contributed by atoms with van der Waals surface area (Å²) in [5.74, 6) is 1.03. The van der Waals surface area contributed by atoms with E-state index in [4.69, 9.17) is 16.3 Å². The predicted octanol–water partition coefficient (Wildman–Crippen LogP) is 5.07. The number of piperidine rings is 2. The molecule has 1 N–H and O–H groups in total. The van der Waals surface area contributed by atoms with Crippen LogP contribution < -0.4 is 10.1 Å². The third-order valence-corrected chi connectivity index (χ3v) is 10.0. The van der Waals surface area contributed by atoms with Gasteiger partial charge < -0.3 is 9.64 Å². The number of nitrogens with one attached hydrogen (secondary N) is 1. The van der Waals surface area contributed by atoms with Crippen LogP contribution in [-0.4, -0.2) is 59.3 Å². The lowest BCUT2D eigenvalue weighted by Crippen LogP contribution is -2.52. The number of imide groups is 1. The van der Waals surface area contributed by atoms with Crippen molar-refractivity contribution < 1.29 is 19.1 Å². The van der Waals surface area contributed by atoms with Gasteiger partial charge in [0.15, 0.2) is 0 Å². The Kier molecular flexibility index (Phi) is 6.51. The smallest absolute Gasteiger partial charge is 0.255 e. The monoisotopic (exact) mass is 573 g/mol. The number of likely N-dealkylation sites (tertiary alicyclic amines) is 1. The average molecular weight is 574 g/mol. The number of carbonyl (C=O) groups is 3. The average Bonchev–Trinajstić information content (AvgIpc) is 3.23. The van der Waals surface area contributed by atoms with Crippen LogP contribution in [0.1, 0.15) is 67.4 Å². The van der Waals surface area contributed by atoms with Gasteiger partial charge >= 0.3 is 0 Å². The maximum Gasteiger partial charge on any atom is 0.255 e. The van der Waals surface area contributed by atoms with E-state index in [2.05, 4.69) is 36.2 Å². The molecule has 3 amide bonds. The Bertz CT molecular complexity index is 1450. The second-order valence-electron chi connectivity index (χ2n) is 13.3. The van der Waals surface area contributed by atoms with Gasteiger partial charge in [-0.15, -0.1) is 0 Å². The van der Waals surface area contributed by atoms with Crippen LogP contribution in [0.2, 0.25) is 5.02 Å². The van der Waals surface area contributed by atoms with Crippen LogP contribution in [0.5, 0.6) is 5.75 Å². The predicted molar refractivity (Wildman–Crippen MR) is 156 cm³/mol. The highest BCUT2D eigenvalue weighted by molar-refractivity contribution is 6.30. The molecule has 0 aromatic heterocycles. The highest BCUT2D eigenvalue weighted by Crippen LogP contribution is 2.49. The molecule has 2 aromatic rings. The SMILES string of the molecule is CC1(C)CCC(CN2CC3C(C2)C3Oc2ccc3c(c2)CN(C2CCC(=O)NC2=O)C3=O)=C(c2ccc(Cl)cc2)C1. The maximum absolute atomic E-state index is 13.0. The minimum Gasteiger partial charge on any atom is -0.490 e. The molecule has 214 valence electrons. The summed E-state index contributed by atoms with van der Waals surface area (Å²) in [6.07, 6.45) is 4.28. The minimum absolute atomic E-state index is 0.154. The highest BCUT2D eigenvalue weighted by atomic mass is 35.5. The van der Waals surface area contributed by atoms with Crippen molar-refractivity contribution >= 4 is 34.9 Å². The van der Waals surface area contributed by atoms with Crippen LogP contribution >= 0.6 is 11.6 Å². The van der Waals surface area contributed by atoms with Gasteiger partial charge in [-0.3, -0.25) is 24.6 Å². The van der Waals surface area contributed by atoms with Gasteiger partial charge in [-0.05, 0) is 78.1 Å². The first-order chi connectivity index (χ1) is 19.6. The summed E-state index contributed by atoms with van der Waals surface area (Å²) >= 11 is 6.18. The van der Waals surface area contributed by atoms with Gasteiger partial charge in [0.25, 0.3) is 5.91 Å². The number of halogens is 1. The van der Waals surface area contributed by atoms with E-state index in [0.29, 0.717) is 35.8 Å². The fraction of sp³-hybridized carbons (Fsp3) is 0.485. The van der Waals surface area contributed by atoms with Crippen LogP contribution in [0.4, 0.5) is 0 Å². The molecular formula is C33H36ClN3O4. The Balaban J connectivity index is 0.979. The van der Waals surface area contributed by atoms with Crippen LogP contribution in [0.15, 0.2) is 48.0 Å². The molecule has 8 heteroatoms. The molecular weight excluding hydrogens is 538 g/mol. The van der Waals surface area contributed by atoms with Gasteiger partial charge in [-0.2, -0.15) is 0 Å². The summed E-state index contributed by atoms with van der Waals surface area (Å²) in [6, 6.07) is 13.4. The number of carbonyl (C=O) groups excluding carboxylic acids is 3. The molecule has 3 atom stereocenters. The number of hydrogen-bond acceptors (Lipinski definition) is 5. The second-order valence-corrected chi connectivity index (χ2v) is 13.7. The van der Waals surface area contributed by atoms with Gasteiger partial charge in [0, 0.05) is 55.0 Å². The van der Waals surface area contributed by atoms with E-state index in [1.807, 2.05) is 30.3 Å². The molecule has 3 aliphatic heterocycles. The fourth-order valence-electron chi connectivity index (χ4n) is 7.38. The molecule has 3 fully saturated rings. The zero-order valence-corrected chi connectivity index (χ0v) is 24.4. The molecule has 2 saturated heterocycles. The standard InChI is InChI=1S/C33H36ClN3O4/c1-33(2)12-11-20(25(14-33)19-3-5-22(34)6-4-19)15-36-17-26-27(18-36)30(26)41-23-7-8-24-21(13-23)16-37(32(24)40)28-9-10-29(38)35-31(28)39/h3-8,13,26-28,30H,9-12,14-18H2,1-2H3,(H,35,38,39). The number of nitrogens with zero attached hydrogens (tertiary/aromatic N) is 2. The summed E-state index contributed by atoms with van der Waals surface area (Å²) in [6.45, 7) is 8.21. The molecule has 1 saturated carbocycles. The van der Waals surface area contributed by atoms with E-state index >= 15 is 0 Å². The largest absolute Gasteiger partial charge is 0.490 e. The molecule has 2 aromatic carbocycles. The lowest BCUT2D eigenvalue weighted by molar-refractivity contribution is -0.136. The van der Waals surface area contributed by atoms with E-state index in [-0.39, 0.29) is 30.2 Å². The van der Waals surface area contributed by atoms with E-state index in [9.17, 15) is 14.4 Å².